The third-order valence-corrected chi connectivity index (χ3v) is 10.6. The second-order valence-electron chi connectivity index (χ2n) is 13.4. The minimum atomic E-state index is 1.14. The van der Waals surface area contributed by atoms with Gasteiger partial charge in [-0.3, -0.25) is 0 Å². The molecule has 0 radical (unpaired) electrons. The fourth-order valence-electron chi connectivity index (χ4n) is 8.48. The molecule has 0 bridgehead atoms. The van der Waals surface area contributed by atoms with Gasteiger partial charge in [0.05, 0.1) is 38.8 Å². The highest BCUT2D eigenvalue weighted by molar-refractivity contribution is 6.16. The van der Waals surface area contributed by atoms with Gasteiger partial charge in [0.15, 0.2) is 0 Å². The van der Waals surface area contributed by atoms with Crippen LogP contribution in [-0.2, 0) is 0 Å². The summed E-state index contributed by atoms with van der Waals surface area (Å²) in [6.45, 7) is 0. The number of benzene rings is 8. The highest BCUT2D eigenvalue weighted by atomic mass is 15.0. The Morgan fingerprint density at radius 2 is 0.725 bits per heavy atom. The number of aromatic nitrogens is 3. The van der Waals surface area contributed by atoms with Crippen LogP contribution in [0.25, 0.3) is 93.6 Å². The molecule has 0 saturated heterocycles. The van der Waals surface area contributed by atoms with Crippen LogP contribution in [-0.4, -0.2) is 13.7 Å². The topological polar surface area (TPSA) is 14.8 Å². The number of nitrogens with zero attached hydrogens (tertiary/aromatic N) is 3. The lowest BCUT2D eigenvalue weighted by molar-refractivity contribution is 1.17. The van der Waals surface area contributed by atoms with Crippen molar-refractivity contribution in [2.45, 2.75) is 0 Å². The Kier molecular flexibility index (Phi) is 5.96. The molecule has 3 aromatic heterocycles. The third-order valence-electron chi connectivity index (χ3n) is 10.6. The first-order valence-electron chi connectivity index (χ1n) is 17.5. The van der Waals surface area contributed by atoms with Gasteiger partial charge in [-0.25, -0.2) is 0 Å². The molecule has 0 aliphatic carbocycles. The van der Waals surface area contributed by atoms with Gasteiger partial charge in [0.2, 0.25) is 0 Å². The van der Waals surface area contributed by atoms with Gasteiger partial charge in [-0.1, -0.05) is 115 Å². The summed E-state index contributed by atoms with van der Waals surface area (Å²) in [7, 11) is 0. The lowest BCUT2D eigenvalue weighted by Gasteiger charge is -2.12. The average Bonchev–Trinajstić information content (AvgIpc) is 3.84. The molecule has 0 atom stereocenters. The van der Waals surface area contributed by atoms with Crippen molar-refractivity contribution in [3.63, 3.8) is 0 Å². The van der Waals surface area contributed by atoms with Crippen LogP contribution >= 0.6 is 0 Å². The van der Waals surface area contributed by atoms with Crippen LogP contribution in [0, 0.1) is 0 Å². The van der Waals surface area contributed by atoms with Crippen LogP contribution in [0.5, 0.6) is 0 Å². The second kappa shape index (κ2) is 10.8. The van der Waals surface area contributed by atoms with Crippen LogP contribution in [0.4, 0.5) is 0 Å². The van der Waals surface area contributed by atoms with Crippen molar-refractivity contribution in [2.24, 2.45) is 0 Å². The Labute approximate surface area is 294 Å². The molecular weight excluding hydrogens is 619 g/mol. The van der Waals surface area contributed by atoms with E-state index in [1.165, 1.54) is 87.9 Å². The lowest BCUT2D eigenvalue weighted by atomic mass is 10.0. The monoisotopic (exact) mass is 649 g/mol. The summed E-state index contributed by atoms with van der Waals surface area (Å²) >= 11 is 0. The summed E-state index contributed by atoms with van der Waals surface area (Å²) in [5, 5.41) is 7.54. The van der Waals surface area contributed by atoms with E-state index in [9.17, 15) is 0 Å². The van der Waals surface area contributed by atoms with E-state index in [1.54, 1.807) is 0 Å². The van der Waals surface area contributed by atoms with E-state index in [-0.39, 0.29) is 0 Å². The largest absolute Gasteiger partial charge is 0.309 e. The van der Waals surface area contributed by atoms with E-state index in [4.69, 9.17) is 0 Å². The molecule has 0 N–H and O–H groups in total. The zero-order valence-corrected chi connectivity index (χ0v) is 27.7. The molecule has 0 aliphatic rings. The molecular formula is C48H31N3. The number of para-hydroxylation sites is 5. The van der Waals surface area contributed by atoms with Crippen LogP contribution in [0.15, 0.2) is 188 Å². The van der Waals surface area contributed by atoms with Gasteiger partial charge >= 0.3 is 0 Å². The maximum atomic E-state index is 2.45. The summed E-state index contributed by atoms with van der Waals surface area (Å²) in [6.07, 6.45) is 0. The summed E-state index contributed by atoms with van der Waals surface area (Å²) < 4.78 is 7.25. The van der Waals surface area contributed by atoms with Gasteiger partial charge in [0.25, 0.3) is 0 Å². The smallest absolute Gasteiger partial charge is 0.0562 e. The fraction of sp³-hybridized carbons (Fsp3) is 0. The highest BCUT2D eigenvalue weighted by Crippen LogP contribution is 2.41. The van der Waals surface area contributed by atoms with E-state index in [0.717, 1.165) is 5.69 Å². The minimum Gasteiger partial charge on any atom is -0.309 e. The fourth-order valence-corrected chi connectivity index (χ4v) is 8.48. The third kappa shape index (κ3) is 4.06. The maximum Gasteiger partial charge on any atom is 0.0562 e. The molecule has 3 heterocycles. The van der Waals surface area contributed by atoms with Crippen molar-refractivity contribution in [3.8, 4) is 28.2 Å². The molecule has 0 fully saturated rings. The predicted molar refractivity (Wildman–Crippen MR) is 215 cm³/mol. The Bertz CT molecular complexity index is 3080. The molecule has 0 saturated carbocycles. The number of hydrogen-bond acceptors (Lipinski definition) is 0. The molecule has 0 spiro atoms. The van der Waals surface area contributed by atoms with Gasteiger partial charge in [-0.2, -0.15) is 0 Å². The van der Waals surface area contributed by atoms with Crippen LogP contribution < -0.4 is 0 Å². The number of rotatable bonds is 4. The van der Waals surface area contributed by atoms with E-state index in [2.05, 4.69) is 202 Å². The van der Waals surface area contributed by atoms with E-state index in [0.29, 0.717) is 0 Å². The molecule has 0 amide bonds. The average molecular weight is 650 g/mol. The molecule has 0 aliphatic heterocycles. The Balaban J connectivity index is 1.13. The first-order valence-corrected chi connectivity index (χ1v) is 17.5. The molecule has 8 aromatic carbocycles. The first-order chi connectivity index (χ1) is 25.3. The Morgan fingerprint density at radius 3 is 1.43 bits per heavy atom. The second-order valence-corrected chi connectivity index (χ2v) is 13.4. The molecule has 11 aromatic rings. The standard InChI is InChI=1S/C48H31N3/c1-2-15-34(16-3-1)49-41-22-8-6-20-38(41)40-31-33(28-29-45(40)49)32-14-12-17-35(30-32)50-44-25-11-7-21-39(44)48-46(50)26-13-27-47(48)51-42-23-9-4-18-36(42)37-19-5-10-24-43(37)51/h1-31H. The van der Waals surface area contributed by atoms with Gasteiger partial charge in [0.1, 0.15) is 0 Å². The summed E-state index contributed by atoms with van der Waals surface area (Å²) in [6, 6.07) is 68.4. The minimum absolute atomic E-state index is 1.14. The van der Waals surface area contributed by atoms with Crippen molar-refractivity contribution in [3.05, 3.63) is 188 Å². The number of fused-ring (bicyclic) bond motifs is 9. The lowest BCUT2D eigenvalue weighted by Crippen LogP contribution is -1.97. The molecule has 3 nitrogen and oxygen atoms in total. The van der Waals surface area contributed by atoms with Gasteiger partial charge in [-0.15, -0.1) is 0 Å². The quantitative estimate of drug-likeness (QED) is 0.180. The number of hydrogen-bond donors (Lipinski definition) is 0. The van der Waals surface area contributed by atoms with Crippen LogP contribution in [0.2, 0.25) is 0 Å². The molecule has 238 valence electrons. The highest BCUT2D eigenvalue weighted by Gasteiger charge is 2.20. The van der Waals surface area contributed by atoms with Crippen LogP contribution in [0.3, 0.4) is 0 Å². The van der Waals surface area contributed by atoms with E-state index >= 15 is 0 Å². The molecule has 0 unspecified atom stereocenters. The first kappa shape index (κ1) is 28.0. The zero-order chi connectivity index (χ0) is 33.5. The summed E-state index contributed by atoms with van der Waals surface area (Å²) in [5.74, 6) is 0. The van der Waals surface area contributed by atoms with Gasteiger partial charge in [-0.05, 0) is 83.9 Å². The van der Waals surface area contributed by atoms with E-state index < -0.39 is 0 Å². The van der Waals surface area contributed by atoms with Crippen molar-refractivity contribution >= 4 is 65.4 Å². The van der Waals surface area contributed by atoms with Gasteiger partial charge < -0.3 is 13.7 Å². The Morgan fingerprint density at radius 1 is 0.255 bits per heavy atom. The van der Waals surface area contributed by atoms with Crippen molar-refractivity contribution in [2.75, 3.05) is 0 Å². The predicted octanol–water partition coefficient (Wildman–Crippen LogP) is 12.6. The molecule has 3 heteroatoms. The molecule has 51 heavy (non-hydrogen) atoms. The summed E-state index contributed by atoms with van der Waals surface area (Å²) in [4.78, 5) is 0. The summed E-state index contributed by atoms with van der Waals surface area (Å²) in [5.41, 5.74) is 13.1. The molecule has 11 rings (SSSR count). The van der Waals surface area contributed by atoms with Gasteiger partial charge in [0, 0.05) is 43.7 Å². The normalized spacial score (nSPS) is 11.9. The van der Waals surface area contributed by atoms with Crippen molar-refractivity contribution < 1.29 is 0 Å². The zero-order valence-electron chi connectivity index (χ0n) is 27.7. The van der Waals surface area contributed by atoms with Crippen molar-refractivity contribution in [1.82, 2.24) is 13.7 Å². The van der Waals surface area contributed by atoms with Crippen LogP contribution in [0.1, 0.15) is 0 Å². The van der Waals surface area contributed by atoms with E-state index in [1.807, 2.05) is 0 Å². The van der Waals surface area contributed by atoms with Crippen molar-refractivity contribution in [1.29, 1.82) is 0 Å². The SMILES string of the molecule is c1ccc(-n2c3ccccc3c3cc(-c4cccc(-n5c6ccccc6c6c(-n7c8ccccc8c8ccccc87)cccc65)c4)ccc32)cc1. The Hall–Kier alpha value is -6.84. The maximum absolute atomic E-state index is 2.45.